The van der Waals surface area contributed by atoms with Crippen LogP contribution in [-0.4, -0.2) is 32.8 Å². The summed E-state index contributed by atoms with van der Waals surface area (Å²) in [7, 11) is 1.68. The predicted octanol–water partition coefficient (Wildman–Crippen LogP) is 2.55. The Kier molecular flexibility index (Phi) is 8.93. The average Bonchev–Trinajstić information content (AvgIpc) is 2.10. The second-order valence-corrected chi connectivity index (χ2v) is 3.86. The first-order valence-corrected chi connectivity index (χ1v) is 5.38. The maximum Gasteiger partial charge on any atom is 0.0700 e. The van der Waals surface area contributed by atoms with Crippen molar-refractivity contribution in [2.75, 3.05) is 32.8 Å². The molecule has 80 valence electrons. The van der Waals surface area contributed by atoms with Crippen LogP contribution in [0.1, 0.15) is 20.3 Å². The van der Waals surface area contributed by atoms with Crippen LogP contribution in [0.2, 0.25) is 0 Å². The summed E-state index contributed by atoms with van der Waals surface area (Å²) in [6.07, 6.45) is 1.05. The third-order valence-corrected chi connectivity index (χ3v) is 2.60. The standard InChI is InChI=1S/C10H21ClO2/c1-9(2)10(8-11)4-5-13-7-6-12-3/h9-10H,4-8H2,1-3H3. The van der Waals surface area contributed by atoms with Crippen molar-refractivity contribution < 1.29 is 9.47 Å². The molecule has 0 radical (unpaired) electrons. The second-order valence-electron chi connectivity index (χ2n) is 3.55. The van der Waals surface area contributed by atoms with E-state index in [9.17, 15) is 0 Å². The van der Waals surface area contributed by atoms with Gasteiger partial charge in [0.25, 0.3) is 0 Å². The topological polar surface area (TPSA) is 18.5 Å². The molecular weight excluding hydrogens is 188 g/mol. The van der Waals surface area contributed by atoms with E-state index < -0.39 is 0 Å². The van der Waals surface area contributed by atoms with E-state index in [-0.39, 0.29) is 0 Å². The number of rotatable bonds is 8. The van der Waals surface area contributed by atoms with Gasteiger partial charge >= 0.3 is 0 Å². The van der Waals surface area contributed by atoms with Gasteiger partial charge in [0.15, 0.2) is 0 Å². The quantitative estimate of drug-likeness (QED) is 0.451. The molecule has 1 atom stereocenters. The molecule has 0 aromatic rings. The molecular formula is C10H21ClO2. The molecule has 1 unspecified atom stereocenters. The van der Waals surface area contributed by atoms with Crippen LogP contribution >= 0.6 is 11.6 Å². The molecule has 0 aliphatic carbocycles. The molecule has 0 bridgehead atoms. The van der Waals surface area contributed by atoms with Gasteiger partial charge in [0.2, 0.25) is 0 Å². The lowest BCUT2D eigenvalue weighted by molar-refractivity contribution is 0.0622. The zero-order valence-electron chi connectivity index (χ0n) is 8.88. The van der Waals surface area contributed by atoms with Crippen molar-refractivity contribution in [1.82, 2.24) is 0 Å². The molecule has 13 heavy (non-hydrogen) atoms. The zero-order valence-corrected chi connectivity index (χ0v) is 9.64. The molecule has 0 aliphatic heterocycles. The van der Waals surface area contributed by atoms with Gasteiger partial charge in [-0.3, -0.25) is 0 Å². The monoisotopic (exact) mass is 208 g/mol. The third kappa shape index (κ3) is 7.29. The van der Waals surface area contributed by atoms with E-state index in [0.717, 1.165) is 18.9 Å². The first kappa shape index (κ1) is 13.2. The molecule has 0 saturated heterocycles. The number of methoxy groups -OCH3 is 1. The molecule has 0 N–H and O–H groups in total. The van der Waals surface area contributed by atoms with Gasteiger partial charge in [0.1, 0.15) is 0 Å². The predicted molar refractivity (Wildman–Crippen MR) is 56.4 cm³/mol. The highest BCUT2D eigenvalue weighted by Crippen LogP contribution is 2.16. The lowest BCUT2D eigenvalue weighted by Crippen LogP contribution is -2.14. The molecule has 0 aliphatic rings. The van der Waals surface area contributed by atoms with Crippen molar-refractivity contribution in [2.45, 2.75) is 20.3 Å². The minimum atomic E-state index is 0.573. The molecule has 0 amide bonds. The van der Waals surface area contributed by atoms with E-state index >= 15 is 0 Å². The number of hydrogen-bond donors (Lipinski definition) is 0. The van der Waals surface area contributed by atoms with E-state index in [1.54, 1.807) is 7.11 Å². The number of ether oxygens (including phenoxy) is 2. The maximum absolute atomic E-state index is 5.82. The van der Waals surface area contributed by atoms with Crippen molar-refractivity contribution in [3.63, 3.8) is 0 Å². The van der Waals surface area contributed by atoms with Crippen LogP contribution in [-0.2, 0) is 9.47 Å². The van der Waals surface area contributed by atoms with Gasteiger partial charge in [-0.15, -0.1) is 11.6 Å². The van der Waals surface area contributed by atoms with E-state index in [1.807, 2.05) is 0 Å². The number of halogens is 1. The van der Waals surface area contributed by atoms with Crippen LogP contribution in [0.5, 0.6) is 0 Å². The van der Waals surface area contributed by atoms with Crippen molar-refractivity contribution in [1.29, 1.82) is 0 Å². The van der Waals surface area contributed by atoms with Crippen LogP contribution in [0.15, 0.2) is 0 Å². The van der Waals surface area contributed by atoms with Crippen molar-refractivity contribution in [3.05, 3.63) is 0 Å². The maximum atomic E-state index is 5.82. The largest absolute Gasteiger partial charge is 0.382 e. The Hall–Kier alpha value is 0.210. The van der Waals surface area contributed by atoms with Crippen molar-refractivity contribution in [3.8, 4) is 0 Å². The molecule has 0 spiro atoms. The normalized spacial score (nSPS) is 13.6. The van der Waals surface area contributed by atoms with Crippen molar-refractivity contribution >= 4 is 11.6 Å². The highest BCUT2D eigenvalue weighted by atomic mass is 35.5. The summed E-state index contributed by atoms with van der Waals surface area (Å²) in [4.78, 5) is 0. The molecule has 0 saturated carbocycles. The smallest absolute Gasteiger partial charge is 0.0700 e. The van der Waals surface area contributed by atoms with E-state index in [1.165, 1.54) is 0 Å². The summed E-state index contributed by atoms with van der Waals surface area (Å²) in [5, 5.41) is 0. The average molecular weight is 209 g/mol. The minimum Gasteiger partial charge on any atom is -0.382 e. The number of alkyl halides is 1. The number of hydrogen-bond acceptors (Lipinski definition) is 2. The summed E-state index contributed by atoms with van der Waals surface area (Å²) in [6, 6.07) is 0. The molecule has 0 aromatic heterocycles. The first-order chi connectivity index (χ1) is 6.22. The van der Waals surface area contributed by atoms with Crippen LogP contribution in [0.3, 0.4) is 0 Å². The Morgan fingerprint density at radius 2 is 1.85 bits per heavy atom. The summed E-state index contributed by atoms with van der Waals surface area (Å²) >= 11 is 5.82. The Morgan fingerprint density at radius 3 is 2.31 bits per heavy atom. The fourth-order valence-corrected chi connectivity index (χ4v) is 1.58. The first-order valence-electron chi connectivity index (χ1n) is 4.85. The molecule has 0 fully saturated rings. The van der Waals surface area contributed by atoms with Gasteiger partial charge in [0, 0.05) is 19.6 Å². The Labute approximate surface area is 86.6 Å². The van der Waals surface area contributed by atoms with E-state index in [4.69, 9.17) is 21.1 Å². The van der Waals surface area contributed by atoms with Gasteiger partial charge in [-0.05, 0) is 18.3 Å². The van der Waals surface area contributed by atoms with Gasteiger partial charge in [-0.1, -0.05) is 13.8 Å². The fourth-order valence-electron chi connectivity index (χ4n) is 1.07. The summed E-state index contributed by atoms with van der Waals surface area (Å²) in [5.41, 5.74) is 0. The summed E-state index contributed by atoms with van der Waals surface area (Å²) in [6.45, 7) is 6.54. The Balaban J connectivity index is 3.28. The van der Waals surface area contributed by atoms with Crippen LogP contribution in [0.25, 0.3) is 0 Å². The van der Waals surface area contributed by atoms with Gasteiger partial charge < -0.3 is 9.47 Å². The van der Waals surface area contributed by atoms with Crippen LogP contribution < -0.4 is 0 Å². The minimum absolute atomic E-state index is 0.573. The van der Waals surface area contributed by atoms with E-state index in [2.05, 4.69) is 13.8 Å². The third-order valence-electron chi connectivity index (χ3n) is 2.21. The van der Waals surface area contributed by atoms with Crippen LogP contribution in [0, 0.1) is 11.8 Å². The Morgan fingerprint density at radius 1 is 1.15 bits per heavy atom. The molecule has 2 nitrogen and oxygen atoms in total. The summed E-state index contributed by atoms with van der Waals surface area (Å²) < 4.78 is 10.2. The highest BCUT2D eigenvalue weighted by Gasteiger charge is 2.11. The van der Waals surface area contributed by atoms with Gasteiger partial charge in [-0.25, -0.2) is 0 Å². The lowest BCUT2D eigenvalue weighted by atomic mass is 9.95. The SMILES string of the molecule is COCCOCCC(CCl)C(C)C. The lowest BCUT2D eigenvalue weighted by Gasteiger charge is -2.17. The summed E-state index contributed by atoms with van der Waals surface area (Å²) in [5.74, 6) is 1.94. The zero-order chi connectivity index (χ0) is 10.1. The fraction of sp³-hybridized carbons (Fsp3) is 1.00. The van der Waals surface area contributed by atoms with Gasteiger partial charge in [-0.2, -0.15) is 0 Å². The van der Waals surface area contributed by atoms with E-state index in [0.29, 0.717) is 25.0 Å². The Bertz CT molecular complexity index is 107. The molecule has 0 heterocycles. The molecule has 0 aromatic carbocycles. The van der Waals surface area contributed by atoms with Crippen molar-refractivity contribution in [2.24, 2.45) is 11.8 Å². The van der Waals surface area contributed by atoms with Crippen LogP contribution in [0.4, 0.5) is 0 Å². The second kappa shape index (κ2) is 8.79. The molecule has 3 heteroatoms. The van der Waals surface area contributed by atoms with Gasteiger partial charge in [0.05, 0.1) is 13.2 Å². The molecule has 0 rings (SSSR count). The highest BCUT2D eigenvalue weighted by molar-refractivity contribution is 6.18.